The van der Waals surface area contributed by atoms with Gasteiger partial charge in [0, 0.05) is 25.8 Å². The van der Waals surface area contributed by atoms with Crippen LogP contribution in [0, 0.1) is 0 Å². The molecule has 8 nitrogen and oxygen atoms in total. The van der Waals surface area contributed by atoms with Gasteiger partial charge in [0.15, 0.2) is 0 Å². The second kappa shape index (κ2) is 6.30. The number of rotatable bonds is 4. The summed E-state index contributed by atoms with van der Waals surface area (Å²) in [6, 6.07) is 8.46. The number of sulfonamides is 1. The number of nitrogens with one attached hydrogen (secondary N) is 2. The first-order valence-electron chi connectivity index (χ1n) is 9.02. The molecule has 9 heteroatoms. The molecule has 1 aliphatic rings. The Hall–Kier alpha value is -2.91. The van der Waals surface area contributed by atoms with Crippen molar-refractivity contribution in [3.05, 3.63) is 35.9 Å². The number of aromatic amines is 1. The van der Waals surface area contributed by atoms with Crippen LogP contribution in [0.4, 0.5) is 5.69 Å². The minimum atomic E-state index is -3.58. The number of benzene rings is 2. The molecule has 3 aromatic rings. The molecule has 2 heterocycles. The normalized spacial score (nSPS) is 15.6. The number of hydrogen-bond donors (Lipinski definition) is 2. The molecule has 0 fully saturated rings. The Morgan fingerprint density at radius 2 is 1.86 bits per heavy atom. The molecule has 2 aromatic carbocycles. The lowest BCUT2D eigenvalue weighted by Crippen LogP contribution is -2.26. The third kappa shape index (κ3) is 2.89. The summed E-state index contributed by atoms with van der Waals surface area (Å²) in [5, 5.41) is 2.90. The van der Waals surface area contributed by atoms with Crippen molar-refractivity contribution in [3.63, 3.8) is 0 Å². The molecule has 2 N–H and O–H groups in total. The fourth-order valence-electron chi connectivity index (χ4n) is 3.44. The molecule has 0 saturated carbocycles. The Morgan fingerprint density at radius 3 is 2.52 bits per heavy atom. The molecule has 0 aliphatic carbocycles. The van der Waals surface area contributed by atoms with Crippen LogP contribution in [0.15, 0.2) is 35.2 Å². The lowest BCUT2D eigenvalue weighted by Gasteiger charge is -2.14. The number of methoxy groups -OCH3 is 1. The highest BCUT2D eigenvalue weighted by Crippen LogP contribution is 2.40. The van der Waals surface area contributed by atoms with Gasteiger partial charge in [-0.05, 0) is 43.7 Å². The number of fused-ring (bicyclic) bond motifs is 2. The number of hydrogen-bond acceptors (Lipinski definition) is 5. The summed E-state index contributed by atoms with van der Waals surface area (Å²) in [5.74, 6) is 0.909. The summed E-state index contributed by atoms with van der Waals surface area (Å²) >= 11 is 0. The molecule has 4 rings (SSSR count). The van der Waals surface area contributed by atoms with Crippen LogP contribution in [0.3, 0.4) is 0 Å². The molecule has 1 aliphatic heterocycles. The highest BCUT2D eigenvalue weighted by Gasteiger charge is 2.38. The smallest absolute Gasteiger partial charge is 0.242 e. The van der Waals surface area contributed by atoms with Gasteiger partial charge in [-0.3, -0.25) is 4.79 Å². The second-order valence-electron chi connectivity index (χ2n) is 7.73. The number of anilines is 1. The molecule has 0 bridgehead atoms. The van der Waals surface area contributed by atoms with Crippen molar-refractivity contribution < 1.29 is 17.9 Å². The molecule has 0 spiro atoms. The van der Waals surface area contributed by atoms with E-state index >= 15 is 0 Å². The molecule has 0 atom stereocenters. The third-order valence-electron chi connectivity index (χ3n) is 5.32. The van der Waals surface area contributed by atoms with Crippen LogP contribution in [-0.2, 0) is 20.2 Å². The molecule has 0 saturated heterocycles. The standard InChI is InChI=1S/C20H22N4O4S/c1-20(2)13-9-15-16(10-14(13)23-19(20)25)22-18(21-15)12-7-6-11(8-17(12)28-5)29(26,27)24(3)4/h6-10H,1-5H3,(H,21,22)(H,23,25). The highest BCUT2D eigenvalue weighted by molar-refractivity contribution is 7.89. The molecular weight excluding hydrogens is 392 g/mol. The predicted octanol–water partition coefficient (Wildman–Crippen LogP) is 2.72. The maximum Gasteiger partial charge on any atom is 0.242 e. The number of carbonyl (C=O) groups excluding carboxylic acids is 1. The van der Waals surface area contributed by atoms with E-state index in [1.54, 1.807) is 6.07 Å². The van der Waals surface area contributed by atoms with E-state index in [1.807, 2.05) is 26.0 Å². The van der Waals surface area contributed by atoms with E-state index in [1.165, 1.54) is 33.3 Å². The number of nitrogens with zero attached hydrogens (tertiary/aromatic N) is 2. The maximum absolute atomic E-state index is 12.4. The molecule has 0 unspecified atom stereocenters. The zero-order valence-corrected chi connectivity index (χ0v) is 17.6. The van der Waals surface area contributed by atoms with Crippen molar-refractivity contribution in [1.29, 1.82) is 0 Å². The summed E-state index contributed by atoms with van der Waals surface area (Å²) < 4.78 is 31.4. The fraction of sp³-hybridized carbons (Fsp3) is 0.300. The Morgan fingerprint density at radius 1 is 1.14 bits per heavy atom. The van der Waals surface area contributed by atoms with Crippen LogP contribution in [0.2, 0.25) is 0 Å². The van der Waals surface area contributed by atoms with Crippen molar-refractivity contribution in [2.45, 2.75) is 24.2 Å². The van der Waals surface area contributed by atoms with E-state index in [4.69, 9.17) is 4.74 Å². The van der Waals surface area contributed by atoms with Crippen LogP contribution in [0.25, 0.3) is 22.4 Å². The first-order valence-corrected chi connectivity index (χ1v) is 10.5. The topological polar surface area (TPSA) is 104 Å². The van der Waals surface area contributed by atoms with Gasteiger partial charge >= 0.3 is 0 Å². The number of amides is 1. The van der Waals surface area contributed by atoms with Crippen LogP contribution < -0.4 is 10.1 Å². The molecule has 152 valence electrons. The Bertz CT molecular complexity index is 1260. The summed E-state index contributed by atoms with van der Waals surface area (Å²) in [5.41, 5.74) is 3.17. The number of ether oxygens (including phenoxy) is 1. The summed E-state index contributed by atoms with van der Waals surface area (Å²) in [6.45, 7) is 3.75. The number of aromatic nitrogens is 2. The van der Waals surface area contributed by atoms with Crippen molar-refractivity contribution in [2.75, 3.05) is 26.5 Å². The largest absolute Gasteiger partial charge is 0.496 e. The highest BCUT2D eigenvalue weighted by atomic mass is 32.2. The van der Waals surface area contributed by atoms with Gasteiger partial charge in [0.05, 0.1) is 34.0 Å². The lowest BCUT2D eigenvalue weighted by molar-refractivity contribution is -0.119. The number of imidazole rings is 1. The average molecular weight is 414 g/mol. The molecule has 1 aromatic heterocycles. The molecular formula is C20H22N4O4S. The lowest BCUT2D eigenvalue weighted by atomic mass is 9.86. The van der Waals surface area contributed by atoms with Crippen molar-refractivity contribution in [2.24, 2.45) is 0 Å². The molecule has 29 heavy (non-hydrogen) atoms. The van der Waals surface area contributed by atoms with E-state index in [2.05, 4.69) is 15.3 Å². The van der Waals surface area contributed by atoms with Crippen molar-refractivity contribution in [3.8, 4) is 17.1 Å². The van der Waals surface area contributed by atoms with E-state index in [9.17, 15) is 13.2 Å². The third-order valence-corrected chi connectivity index (χ3v) is 7.13. The van der Waals surface area contributed by atoms with E-state index in [0.29, 0.717) is 17.1 Å². The SMILES string of the molecule is COc1cc(S(=O)(=O)N(C)C)ccc1-c1nc2cc3c(cc2[nH]1)NC(=O)C3(C)C. The Labute approximate surface area is 168 Å². The van der Waals surface area contributed by atoms with Gasteiger partial charge in [-0.25, -0.2) is 17.7 Å². The average Bonchev–Trinajstić information content (AvgIpc) is 3.17. The van der Waals surface area contributed by atoms with Crippen LogP contribution in [-0.4, -0.2) is 49.8 Å². The predicted molar refractivity (Wildman–Crippen MR) is 111 cm³/mol. The van der Waals surface area contributed by atoms with Crippen molar-refractivity contribution >= 4 is 32.7 Å². The summed E-state index contributed by atoms with van der Waals surface area (Å²) in [7, 11) is 0.872. The number of H-pyrrole nitrogens is 1. The van der Waals surface area contributed by atoms with Crippen LogP contribution in [0.5, 0.6) is 5.75 Å². The van der Waals surface area contributed by atoms with Crippen molar-refractivity contribution in [1.82, 2.24) is 14.3 Å². The van der Waals surface area contributed by atoms with Gasteiger partial charge in [-0.2, -0.15) is 0 Å². The summed E-state index contributed by atoms with van der Waals surface area (Å²) in [6.07, 6.45) is 0. The first kappa shape index (κ1) is 19.4. The Balaban J connectivity index is 1.83. The maximum atomic E-state index is 12.4. The van der Waals surface area contributed by atoms with Gasteiger partial charge in [-0.1, -0.05) is 0 Å². The summed E-state index contributed by atoms with van der Waals surface area (Å²) in [4.78, 5) is 20.2. The Kier molecular flexibility index (Phi) is 4.21. The first-order chi connectivity index (χ1) is 13.6. The monoisotopic (exact) mass is 414 g/mol. The minimum absolute atomic E-state index is 0.0419. The number of carbonyl (C=O) groups is 1. The van der Waals surface area contributed by atoms with E-state index in [-0.39, 0.29) is 10.8 Å². The van der Waals surface area contributed by atoms with E-state index < -0.39 is 15.4 Å². The van der Waals surface area contributed by atoms with Crippen LogP contribution in [0.1, 0.15) is 19.4 Å². The zero-order chi connectivity index (χ0) is 21.1. The minimum Gasteiger partial charge on any atom is -0.496 e. The quantitative estimate of drug-likeness (QED) is 0.683. The van der Waals surface area contributed by atoms with Gasteiger partial charge < -0.3 is 15.0 Å². The fourth-order valence-corrected chi connectivity index (χ4v) is 4.36. The van der Waals surface area contributed by atoms with E-state index in [0.717, 1.165) is 26.6 Å². The van der Waals surface area contributed by atoms with Gasteiger partial charge in [-0.15, -0.1) is 0 Å². The second-order valence-corrected chi connectivity index (χ2v) is 9.88. The zero-order valence-electron chi connectivity index (χ0n) is 16.8. The van der Waals surface area contributed by atoms with Gasteiger partial charge in [0.2, 0.25) is 15.9 Å². The molecule has 0 radical (unpaired) electrons. The van der Waals surface area contributed by atoms with Crippen LogP contribution >= 0.6 is 0 Å². The molecule has 1 amide bonds. The van der Waals surface area contributed by atoms with Gasteiger partial charge in [0.25, 0.3) is 0 Å². The van der Waals surface area contributed by atoms with Gasteiger partial charge in [0.1, 0.15) is 11.6 Å².